The number of nitrogens with zero attached hydrogens (tertiary/aromatic N) is 2. The summed E-state index contributed by atoms with van der Waals surface area (Å²) in [5, 5.41) is 0. The molecular weight excluding hydrogens is 295 g/mol. The number of hydrogen-bond acceptors (Lipinski definition) is 4. The van der Waals surface area contributed by atoms with E-state index in [1.54, 1.807) is 0 Å². The second kappa shape index (κ2) is 8.80. The summed E-state index contributed by atoms with van der Waals surface area (Å²) >= 11 is 0. The quantitative estimate of drug-likeness (QED) is 0.893. The van der Waals surface area contributed by atoms with Crippen molar-refractivity contribution >= 4 is 48.9 Å². The minimum Gasteiger partial charge on any atom is -0.383 e. The molecule has 2 aromatic rings. The summed E-state index contributed by atoms with van der Waals surface area (Å²) in [6.07, 6.45) is 2.04. The van der Waals surface area contributed by atoms with Crippen molar-refractivity contribution in [2.75, 3.05) is 11.5 Å². The van der Waals surface area contributed by atoms with Crippen molar-refractivity contribution < 1.29 is 0 Å². The molecule has 0 spiro atoms. The molecule has 0 fully saturated rings. The second-order valence-electron chi connectivity index (χ2n) is 3.29. The van der Waals surface area contributed by atoms with Crippen LogP contribution in [0.25, 0.3) is 0 Å². The molecule has 4 N–H and O–H groups in total. The van der Waals surface area contributed by atoms with Gasteiger partial charge in [0.15, 0.2) is 0 Å². The third-order valence-corrected chi connectivity index (χ3v) is 2.24. The number of halogens is 3. The molecule has 0 amide bonds. The Kier molecular flexibility index (Phi) is 9.35. The van der Waals surface area contributed by atoms with E-state index >= 15 is 0 Å². The lowest BCUT2D eigenvalue weighted by Crippen LogP contribution is -2.05. The molecule has 0 bridgehead atoms. The fourth-order valence-corrected chi connectivity index (χ4v) is 1.42. The largest absolute Gasteiger partial charge is 0.383 e. The first-order valence-corrected chi connectivity index (χ1v) is 4.66. The van der Waals surface area contributed by atoms with Gasteiger partial charge in [-0.2, -0.15) is 0 Å². The first kappa shape index (κ1) is 19.1. The highest BCUT2D eigenvalue weighted by atomic mass is 35.5. The molecule has 0 aliphatic heterocycles. The minimum atomic E-state index is 0. The van der Waals surface area contributed by atoms with E-state index in [1.807, 2.05) is 30.3 Å². The maximum atomic E-state index is 5.74. The highest BCUT2D eigenvalue weighted by molar-refractivity contribution is 5.86. The average molecular weight is 310 g/mol. The monoisotopic (exact) mass is 308 g/mol. The van der Waals surface area contributed by atoms with Crippen molar-refractivity contribution in [3.05, 3.63) is 47.8 Å². The van der Waals surface area contributed by atoms with Crippen molar-refractivity contribution in [3.63, 3.8) is 0 Å². The molecule has 1 aromatic carbocycles. The maximum absolute atomic E-state index is 5.74. The first-order chi connectivity index (χ1) is 7.27. The number of aromatic nitrogens is 2. The van der Waals surface area contributed by atoms with Crippen molar-refractivity contribution in [2.24, 2.45) is 0 Å². The molecule has 0 aliphatic rings. The van der Waals surface area contributed by atoms with E-state index < -0.39 is 0 Å². The summed E-state index contributed by atoms with van der Waals surface area (Å²) in [7, 11) is 0. The Labute approximate surface area is 124 Å². The number of nitrogen functional groups attached to an aromatic ring is 2. The number of hydrogen-bond donors (Lipinski definition) is 2. The van der Waals surface area contributed by atoms with Gasteiger partial charge in [-0.3, -0.25) is 0 Å². The van der Waals surface area contributed by atoms with Gasteiger partial charge >= 0.3 is 0 Å². The molecule has 0 radical (unpaired) electrons. The molecule has 0 saturated heterocycles. The highest BCUT2D eigenvalue weighted by Crippen LogP contribution is 2.18. The van der Waals surface area contributed by atoms with Crippen LogP contribution in [-0.4, -0.2) is 9.97 Å². The van der Waals surface area contributed by atoms with Gasteiger partial charge in [0.2, 0.25) is 0 Å². The van der Waals surface area contributed by atoms with E-state index in [4.69, 9.17) is 11.5 Å². The Morgan fingerprint density at radius 3 is 1.83 bits per heavy atom. The van der Waals surface area contributed by atoms with Crippen LogP contribution in [0.5, 0.6) is 0 Å². The van der Waals surface area contributed by atoms with Gasteiger partial charge < -0.3 is 11.5 Å². The third kappa shape index (κ3) is 4.56. The van der Waals surface area contributed by atoms with Crippen LogP contribution in [0.2, 0.25) is 0 Å². The van der Waals surface area contributed by atoms with Crippen molar-refractivity contribution in [3.8, 4) is 0 Å². The second-order valence-corrected chi connectivity index (χ2v) is 3.29. The lowest BCUT2D eigenvalue weighted by atomic mass is 10.1. The number of nitrogens with two attached hydrogens (primary N) is 2. The van der Waals surface area contributed by atoms with E-state index in [9.17, 15) is 0 Å². The van der Waals surface area contributed by atoms with Crippen LogP contribution < -0.4 is 11.5 Å². The predicted molar refractivity (Wildman–Crippen MR) is 81.8 cm³/mol. The van der Waals surface area contributed by atoms with Crippen LogP contribution in [0.15, 0.2) is 36.7 Å². The summed E-state index contributed by atoms with van der Waals surface area (Å²) < 4.78 is 0. The van der Waals surface area contributed by atoms with Gasteiger partial charge in [-0.1, -0.05) is 30.3 Å². The minimum absolute atomic E-state index is 0. The normalized spacial score (nSPS) is 8.44. The topological polar surface area (TPSA) is 77.8 Å². The van der Waals surface area contributed by atoms with Crippen molar-refractivity contribution in [1.82, 2.24) is 9.97 Å². The van der Waals surface area contributed by atoms with E-state index in [2.05, 4.69) is 9.97 Å². The number of rotatable bonds is 2. The zero-order chi connectivity index (χ0) is 10.7. The molecule has 18 heavy (non-hydrogen) atoms. The molecule has 0 saturated carbocycles. The molecule has 4 nitrogen and oxygen atoms in total. The van der Waals surface area contributed by atoms with Crippen molar-refractivity contribution in [1.29, 1.82) is 0 Å². The summed E-state index contributed by atoms with van der Waals surface area (Å²) in [6.45, 7) is 0. The maximum Gasteiger partial charge on any atom is 0.132 e. The lowest BCUT2D eigenvalue weighted by Gasteiger charge is -2.06. The SMILES string of the molecule is Cl.Cl.Cl.Nc1ncnc(N)c1Cc1ccccc1. The van der Waals surface area contributed by atoms with Crippen LogP contribution in [0.1, 0.15) is 11.1 Å². The zero-order valence-corrected chi connectivity index (χ0v) is 11.9. The van der Waals surface area contributed by atoms with Gasteiger partial charge in [0.05, 0.1) is 0 Å². The third-order valence-electron chi connectivity index (χ3n) is 2.24. The molecule has 100 valence electrons. The fraction of sp³-hybridized carbons (Fsp3) is 0.0909. The van der Waals surface area contributed by atoms with Crippen LogP contribution in [-0.2, 0) is 6.42 Å². The van der Waals surface area contributed by atoms with E-state index in [-0.39, 0.29) is 37.2 Å². The molecular formula is C11H15Cl3N4. The van der Waals surface area contributed by atoms with Gasteiger partial charge in [0.25, 0.3) is 0 Å². The first-order valence-electron chi connectivity index (χ1n) is 4.66. The lowest BCUT2D eigenvalue weighted by molar-refractivity contribution is 1.09. The summed E-state index contributed by atoms with van der Waals surface area (Å²) in [4.78, 5) is 7.85. The predicted octanol–water partition coefficient (Wildman–Crippen LogP) is 2.50. The van der Waals surface area contributed by atoms with E-state index in [0.717, 1.165) is 11.1 Å². The van der Waals surface area contributed by atoms with Gasteiger partial charge in [0.1, 0.15) is 18.0 Å². The Morgan fingerprint density at radius 2 is 1.33 bits per heavy atom. The molecule has 0 atom stereocenters. The van der Waals surface area contributed by atoms with Crippen LogP contribution in [0.3, 0.4) is 0 Å². The van der Waals surface area contributed by atoms with Crippen LogP contribution >= 0.6 is 37.2 Å². The molecule has 0 aliphatic carbocycles. The highest BCUT2D eigenvalue weighted by Gasteiger charge is 2.06. The Balaban J connectivity index is 0. The summed E-state index contributed by atoms with van der Waals surface area (Å²) in [6, 6.07) is 9.96. The number of benzene rings is 1. The summed E-state index contributed by atoms with van der Waals surface area (Å²) in [5.74, 6) is 0.901. The standard InChI is InChI=1S/C11H12N4.3ClH/c12-10-9(11(13)15-7-14-10)6-8-4-2-1-3-5-8;;;/h1-5,7H,6H2,(H4,12,13,14,15);3*1H. The van der Waals surface area contributed by atoms with Gasteiger partial charge in [0, 0.05) is 12.0 Å². The van der Waals surface area contributed by atoms with E-state index in [0.29, 0.717) is 18.1 Å². The molecule has 7 heteroatoms. The molecule has 2 rings (SSSR count). The molecule has 1 aromatic heterocycles. The average Bonchev–Trinajstić information content (AvgIpc) is 2.25. The smallest absolute Gasteiger partial charge is 0.132 e. The van der Waals surface area contributed by atoms with Gasteiger partial charge in [-0.05, 0) is 5.56 Å². The Bertz CT molecular complexity index is 445. The summed E-state index contributed by atoms with van der Waals surface area (Å²) in [5.41, 5.74) is 13.4. The molecule has 0 unspecified atom stereocenters. The van der Waals surface area contributed by atoms with Crippen LogP contribution in [0.4, 0.5) is 11.6 Å². The number of anilines is 2. The van der Waals surface area contributed by atoms with Gasteiger partial charge in [-0.15, -0.1) is 37.2 Å². The van der Waals surface area contributed by atoms with Crippen LogP contribution in [0, 0.1) is 0 Å². The van der Waals surface area contributed by atoms with Crippen molar-refractivity contribution in [2.45, 2.75) is 6.42 Å². The van der Waals surface area contributed by atoms with E-state index in [1.165, 1.54) is 6.33 Å². The fourth-order valence-electron chi connectivity index (χ4n) is 1.42. The zero-order valence-electron chi connectivity index (χ0n) is 9.45. The molecule has 1 heterocycles. The van der Waals surface area contributed by atoms with Gasteiger partial charge in [-0.25, -0.2) is 9.97 Å². The Morgan fingerprint density at radius 1 is 0.833 bits per heavy atom. The Hall–Kier alpha value is -1.23.